The van der Waals surface area contributed by atoms with Gasteiger partial charge < -0.3 is 20.2 Å². The van der Waals surface area contributed by atoms with Crippen LogP contribution in [0.2, 0.25) is 0 Å². The second-order valence-corrected chi connectivity index (χ2v) is 10.4. The fraction of sp³-hybridized carbons (Fsp3) is 0.276. The summed E-state index contributed by atoms with van der Waals surface area (Å²) in [5.74, 6) is 0.806. The summed E-state index contributed by atoms with van der Waals surface area (Å²) < 4.78 is 41.6. The van der Waals surface area contributed by atoms with E-state index >= 15 is 0 Å². The van der Waals surface area contributed by atoms with Crippen LogP contribution >= 0.6 is 0 Å². The molecule has 198 valence electrons. The number of alkyl halides is 3. The molecule has 7 nitrogen and oxygen atoms in total. The van der Waals surface area contributed by atoms with E-state index < -0.39 is 11.7 Å². The zero-order valence-electron chi connectivity index (χ0n) is 20.8. The minimum Gasteiger partial charge on any atom is -0.379 e. The lowest BCUT2D eigenvalue weighted by Crippen LogP contribution is -2.53. The molecule has 1 atom stereocenters. The molecular weight excluding hydrogens is 505 g/mol. The molecule has 3 aliphatic heterocycles. The van der Waals surface area contributed by atoms with E-state index in [9.17, 15) is 18.0 Å². The molecule has 3 aromatic heterocycles. The highest BCUT2D eigenvalue weighted by molar-refractivity contribution is 6.01. The van der Waals surface area contributed by atoms with Crippen molar-refractivity contribution in [2.45, 2.75) is 25.1 Å². The Balaban J connectivity index is 1.46. The van der Waals surface area contributed by atoms with Crippen molar-refractivity contribution in [2.75, 3.05) is 25.0 Å². The van der Waals surface area contributed by atoms with Crippen molar-refractivity contribution in [2.24, 2.45) is 5.92 Å². The lowest BCUT2D eigenvalue weighted by atomic mass is 9.83. The third kappa shape index (κ3) is 4.15. The average Bonchev–Trinajstić information content (AvgIpc) is 3.37. The molecule has 0 aliphatic carbocycles. The molecule has 3 fully saturated rings. The zero-order valence-corrected chi connectivity index (χ0v) is 20.8. The molecule has 3 saturated heterocycles. The predicted octanol–water partition coefficient (Wildman–Crippen LogP) is 5.66. The molecule has 0 radical (unpaired) electrons. The van der Waals surface area contributed by atoms with Crippen LogP contribution in [0.3, 0.4) is 0 Å². The minimum absolute atomic E-state index is 0.0846. The van der Waals surface area contributed by atoms with Gasteiger partial charge >= 0.3 is 6.18 Å². The molecule has 0 spiro atoms. The van der Waals surface area contributed by atoms with E-state index in [1.165, 1.54) is 12.1 Å². The number of nitrogens with one attached hydrogen (secondary N) is 3. The Morgan fingerprint density at radius 3 is 2.56 bits per heavy atom. The summed E-state index contributed by atoms with van der Waals surface area (Å²) in [6, 6.07) is 14.2. The number of H-pyrrole nitrogens is 2. The molecule has 10 heteroatoms. The van der Waals surface area contributed by atoms with Gasteiger partial charge in [0.05, 0.1) is 16.8 Å². The second-order valence-electron chi connectivity index (χ2n) is 10.4. The Hall–Kier alpha value is -4.18. The third-order valence-corrected chi connectivity index (χ3v) is 8.04. The lowest BCUT2D eigenvalue weighted by Gasteiger charge is -2.45. The van der Waals surface area contributed by atoms with Crippen molar-refractivity contribution >= 4 is 27.8 Å². The van der Waals surface area contributed by atoms with Crippen LogP contribution in [0.15, 0.2) is 65.6 Å². The molecule has 2 aromatic carbocycles. The van der Waals surface area contributed by atoms with E-state index in [0.717, 1.165) is 38.5 Å². The van der Waals surface area contributed by atoms with Gasteiger partial charge in [0.2, 0.25) is 0 Å². The molecule has 3 aliphatic rings. The maximum atomic E-state index is 13.9. The number of fused-ring (bicyclic) bond motifs is 5. The number of pyridine rings is 2. The number of nitrogens with zero attached hydrogens (tertiary/aromatic N) is 3. The first kappa shape index (κ1) is 23.9. The van der Waals surface area contributed by atoms with Crippen LogP contribution in [0.1, 0.15) is 18.4 Å². The van der Waals surface area contributed by atoms with Crippen LogP contribution in [0, 0.1) is 5.92 Å². The fourth-order valence-electron chi connectivity index (χ4n) is 6.09. The van der Waals surface area contributed by atoms with Crippen molar-refractivity contribution in [1.29, 1.82) is 0 Å². The summed E-state index contributed by atoms with van der Waals surface area (Å²) >= 11 is 0. The standard InChI is InChI=1S/C29H25F3N6O/c30-29(31,32)20-5-2-1-4-18(20)17-7-8-21-19(14-17)25(34-23-15-38-12-9-16(23)10-13-38)24(28(39)36-21)27-35-22-6-3-11-33-26(22)37-27/h1-8,11,14,16,23H,9-10,12-13,15H2,(H,33,35,37)(H2,34,36,39)/t23-/m0/s1. The van der Waals surface area contributed by atoms with Gasteiger partial charge in [0.15, 0.2) is 5.65 Å². The molecule has 8 rings (SSSR count). The SMILES string of the molecule is O=c1[nH]c2ccc(-c3ccccc3C(F)(F)F)cc2c(N[C@H]2CN3CCC2CC3)c1-c1nc2cccnc2[nH]1. The number of anilines is 1. The molecule has 0 amide bonds. The number of halogens is 3. The Labute approximate surface area is 221 Å². The molecule has 39 heavy (non-hydrogen) atoms. The van der Waals surface area contributed by atoms with E-state index in [1.807, 2.05) is 6.07 Å². The van der Waals surface area contributed by atoms with Crippen molar-refractivity contribution in [3.05, 3.63) is 76.7 Å². The maximum Gasteiger partial charge on any atom is 0.417 e. The number of imidazole rings is 1. The highest BCUT2D eigenvalue weighted by Crippen LogP contribution is 2.40. The van der Waals surface area contributed by atoms with Crippen molar-refractivity contribution in [1.82, 2.24) is 24.8 Å². The van der Waals surface area contributed by atoms with Crippen LogP contribution < -0.4 is 10.9 Å². The van der Waals surface area contributed by atoms with Crippen molar-refractivity contribution in [3.63, 3.8) is 0 Å². The molecule has 2 bridgehead atoms. The number of aromatic nitrogens is 4. The minimum atomic E-state index is -4.50. The van der Waals surface area contributed by atoms with Crippen LogP contribution in [0.4, 0.5) is 18.9 Å². The first-order chi connectivity index (χ1) is 18.8. The highest BCUT2D eigenvalue weighted by atomic mass is 19.4. The normalized spacial score (nSPS) is 21.1. The van der Waals surface area contributed by atoms with E-state index in [-0.39, 0.29) is 17.2 Å². The third-order valence-electron chi connectivity index (χ3n) is 8.04. The number of rotatable bonds is 4. The lowest BCUT2D eigenvalue weighted by molar-refractivity contribution is -0.137. The van der Waals surface area contributed by atoms with Gasteiger partial charge in [-0.1, -0.05) is 24.3 Å². The Bertz CT molecular complexity index is 1730. The van der Waals surface area contributed by atoms with Gasteiger partial charge in [0.1, 0.15) is 16.9 Å². The number of aromatic amines is 2. The molecule has 6 heterocycles. The highest BCUT2D eigenvalue weighted by Gasteiger charge is 2.36. The average molecular weight is 531 g/mol. The van der Waals surface area contributed by atoms with Crippen molar-refractivity contribution < 1.29 is 13.2 Å². The van der Waals surface area contributed by atoms with E-state index in [2.05, 4.69) is 30.2 Å². The van der Waals surface area contributed by atoms with Gasteiger partial charge in [-0.25, -0.2) is 9.97 Å². The number of hydrogen-bond acceptors (Lipinski definition) is 5. The summed E-state index contributed by atoms with van der Waals surface area (Å²) in [6.45, 7) is 2.95. The summed E-state index contributed by atoms with van der Waals surface area (Å²) in [7, 11) is 0. The number of piperidine rings is 3. The topological polar surface area (TPSA) is 89.7 Å². The number of hydrogen-bond donors (Lipinski definition) is 3. The first-order valence-corrected chi connectivity index (χ1v) is 13.0. The quantitative estimate of drug-likeness (QED) is 0.279. The van der Waals surface area contributed by atoms with E-state index in [0.29, 0.717) is 50.6 Å². The largest absolute Gasteiger partial charge is 0.417 e. The first-order valence-electron chi connectivity index (χ1n) is 13.0. The van der Waals surface area contributed by atoms with Gasteiger partial charge in [-0.2, -0.15) is 13.2 Å². The zero-order chi connectivity index (χ0) is 26.7. The van der Waals surface area contributed by atoms with Crippen LogP contribution in [-0.2, 0) is 6.18 Å². The predicted molar refractivity (Wildman–Crippen MR) is 144 cm³/mol. The fourth-order valence-corrected chi connectivity index (χ4v) is 6.09. The Morgan fingerprint density at radius 2 is 1.82 bits per heavy atom. The smallest absolute Gasteiger partial charge is 0.379 e. The van der Waals surface area contributed by atoms with Crippen LogP contribution in [0.5, 0.6) is 0 Å². The molecule has 3 N–H and O–H groups in total. The van der Waals surface area contributed by atoms with Gasteiger partial charge in [-0.05, 0) is 73.3 Å². The maximum absolute atomic E-state index is 13.9. The molecule has 0 unspecified atom stereocenters. The van der Waals surface area contributed by atoms with Crippen LogP contribution in [-0.4, -0.2) is 50.5 Å². The summed E-state index contributed by atoms with van der Waals surface area (Å²) in [4.78, 5) is 31.0. The summed E-state index contributed by atoms with van der Waals surface area (Å²) in [5.41, 5.74) is 2.05. The molecule has 0 saturated carbocycles. The van der Waals surface area contributed by atoms with Gasteiger partial charge in [-0.15, -0.1) is 0 Å². The number of benzene rings is 2. The molecular formula is C29H25F3N6O. The van der Waals surface area contributed by atoms with Gasteiger partial charge in [0.25, 0.3) is 5.56 Å². The van der Waals surface area contributed by atoms with Gasteiger partial charge in [0, 0.05) is 24.2 Å². The summed E-state index contributed by atoms with van der Waals surface area (Å²) in [5, 5.41) is 4.30. The monoisotopic (exact) mass is 530 g/mol. The molecule has 5 aromatic rings. The van der Waals surface area contributed by atoms with E-state index in [4.69, 9.17) is 0 Å². The summed E-state index contributed by atoms with van der Waals surface area (Å²) in [6.07, 6.45) is -0.731. The van der Waals surface area contributed by atoms with Crippen molar-refractivity contribution in [3.8, 4) is 22.5 Å². The van der Waals surface area contributed by atoms with Crippen LogP contribution in [0.25, 0.3) is 44.6 Å². The Morgan fingerprint density at radius 1 is 1.00 bits per heavy atom. The van der Waals surface area contributed by atoms with E-state index in [1.54, 1.807) is 36.5 Å². The Kier molecular flexibility index (Phi) is 5.48. The second kappa shape index (κ2) is 8.94. The van der Waals surface area contributed by atoms with Gasteiger partial charge in [-0.3, -0.25) is 4.79 Å².